The molecule has 5 nitrogen and oxygen atoms in total. The minimum absolute atomic E-state index is 0.380. The number of amides is 1. The van der Waals surface area contributed by atoms with Gasteiger partial charge in [0.15, 0.2) is 0 Å². The Morgan fingerprint density at radius 1 is 1.22 bits per heavy atom. The standard InChI is InChI=1S/C21H22IN3O2/c1-21(2,3)27-20(26)24(13-7-10-16-8-5-4-6-9-16)17-11-12-19-23-14-18(22)25(19)15-17/h4-12,14-15H,13H2,1-3H3/b10-7+. The number of nitrogens with zero attached hydrogens (tertiary/aromatic N) is 3. The van der Waals surface area contributed by atoms with Gasteiger partial charge in [0.25, 0.3) is 0 Å². The molecule has 0 fully saturated rings. The maximum Gasteiger partial charge on any atom is 0.415 e. The third-order valence-electron chi connectivity index (χ3n) is 3.77. The highest BCUT2D eigenvalue weighted by molar-refractivity contribution is 14.1. The number of anilines is 1. The fourth-order valence-electron chi connectivity index (χ4n) is 2.56. The van der Waals surface area contributed by atoms with Crippen LogP contribution < -0.4 is 4.90 Å². The summed E-state index contributed by atoms with van der Waals surface area (Å²) in [5.41, 5.74) is 2.12. The van der Waals surface area contributed by atoms with Crippen molar-refractivity contribution in [2.45, 2.75) is 26.4 Å². The molecule has 0 saturated carbocycles. The highest BCUT2D eigenvalue weighted by Crippen LogP contribution is 2.21. The number of halogens is 1. The lowest BCUT2D eigenvalue weighted by molar-refractivity contribution is 0.0584. The summed E-state index contributed by atoms with van der Waals surface area (Å²) < 4.78 is 8.54. The number of pyridine rings is 1. The molecular formula is C21H22IN3O2. The summed E-state index contributed by atoms with van der Waals surface area (Å²) in [4.78, 5) is 18.8. The van der Waals surface area contributed by atoms with Crippen LogP contribution in [0.1, 0.15) is 26.3 Å². The lowest BCUT2D eigenvalue weighted by Gasteiger charge is -2.26. The molecule has 0 N–H and O–H groups in total. The molecule has 0 saturated heterocycles. The number of carbonyl (C=O) groups is 1. The minimum Gasteiger partial charge on any atom is -0.443 e. The normalized spacial score (nSPS) is 11.9. The summed E-state index contributed by atoms with van der Waals surface area (Å²) >= 11 is 2.22. The van der Waals surface area contributed by atoms with E-state index in [-0.39, 0.29) is 6.09 Å². The van der Waals surface area contributed by atoms with E-state index in [0.717, 1.165) is 20.6 Å². The predicted molar refractivity (Wildman–Crippen MR) is 117 cm³/mol. The molecule has 2 aromatic heterocycles. The average molecular weight is 475 g/mol. The van der Waals surface area contributed by atoms with Crippen molar-refractivity contribution in [3.63, 3.8) is 0 Å². The summed E-state index contributed by atoms with van der Waals surface area (Å²) in [6.45, 7) is 6.00. The van der Waals surface area contributed by atoms with E-state index in [0.29, 0.717) is 6.54 Å². The molecule has 27 heavy (non-hydrogen) atoms. The topological polar surface area (TPSA) is 46.8 Å². The van der Waals surface area contributed by atoms with Crippen molar-refractivity contribution in [1.82, 2.24) is 9.38 Å². The van der Waals surface area contributed by atoms with E-state index in [1.807, 2.05) is 86.0 Å². The van der Waals surface area contributed by atoms with Crippen molar-refractivity contribution in [3.05, 3.63) is 70.2 Å². The van der Waals surface area contributed by atoms with Gasteiger partial charge in [0.1, 0.15) is 14.9 Å². The number of hydrogen-bond acceptors (Lipinski definition) is 3. The summed E-state index contributed by atoms with van der Waals surface area (Å²) in [5.74, 6) is 0. The van der Waals surface area contributed by atoms with Crippen LogP contribution in [0.4, 0.5) is 10.5 Å². The lowest BCUT2D eigenvalue weighted by Crippen LogP contribution is -2.37. The highest BCUT2D eigenvalue weighted by Gasteiger charge is 2.23. The van der Waals surface area contributed by atoms with Crippen LogP contribution in [0.3, 0.4) is 0 Å². The maximum atomic E-state index is 12.8. The molecule has 140 valence electrons. The van der Waals surface area contributed by atoms with Gasteiger partial charge in [0, 0.05) is 12.7 Å². The van der Waals surface area contributed by atoms with Gasteiger partial charge in [0.2, 0.25) is 0 Å². The monoisotopic (exact) mass is 475 g/mol. The largest absolute Gasteiger partial charge is 0.443 e. The average Bonchev–Trinajstić information content (AvgIpc) is 2.98. The third-order valence-corrected chi connectivity index (χ3v) is 4.57. The Bertz CT molecular complexity index is 958. The Hall–Kier alpha value is -2.35. The van der Waals surface area contributed by atoms with Crippen LogP contribution in [-0.4, -0.2) is 27.6 Å². The molecule has 0 bridgehead atoms. The molecular weight excluding hydrogens is 453 g/mol. The van der Waals surface area contributed by atoms with Gasteiger partial charge in [-0.2, -0.15) is 0 Å². The Kier molecular flexibility index (Phi) is 5.84. The molecule has 1 amide bonds. The molecule has 1 aromatic carbocycles. The second kappa shape index (κ2) is 8.12. The van der Waals surface area contributed by atoms with Gasteiger partial charge < -0.3 is 4.74 Å². The van der Waals surface area contributed by atoms with Crippen LogP contribution in [-0.2, 0) is 4.74 Å². The van der Waals surface area contributed by atoms with Crippen molar-refractivity contribution in [3.8, 4) is 0 Å². The van der Waals surface area contributed by atoms with Crippen LogP contribution in [0, 0.1) is 3.70 Å². The lowest BCUT2D eigenvalue weighted by atomic mass is 10.2. The van der Waals surface area contributed by atoms with Crippen molar-refractivity contribution < 1.29 is 9.53 Å². The van der Waals surface area contributed by atoms with Gasteiger partial charge in [-0.25, -0.2) is 9.78 Å². The van der Waals surface area contributed by atoms with Crippen molar-refractivity contribution in [2.24, 2.45) is 0 Å². The first-order valence-corrected chi connectivity index (χ1v) is 9.76. The number of imidazole rings is 1. The molecule has 0 aliphatic rings. The first-order chi connectivity index (χ1) is 12.8. The summed E-state index contributed by atoms with van der Waals surface area (Å²) in [5, 5.41) is 0. The molecule has 0 aliphatic carbocycles. The number of hydrogen-bond donors (Lipinski definition) is 0. The van der Waals surface area contributed by atoms with E-state index in [9.17, 15) is 4.79 Å². The molecule has 2 heterocycles. The van der Waals surface area contributed by atoms with Gasteiger partial charge in [0.05, 0.1) is 11.9 Å². The smallest absolute Gasteiger partial charge is 0.415 e. The summed E-state index contributed by atoms with van der Waals surface area (Å²) in [6.07, 6.45) is 7.28. The van der Waals surface area contributed by atoms with Crippen LogP contribution in [0.25, 0.3) is 11.7 Å². The molecule has 0 unspecified atom stereocenters. The summed E-state index contributed by atoms with van der Waals surface area (Å²) in [6, 6.07) is 13.8. The van der Waals surface area contributed by atoms with Gasteiger partial charge in [-0.1, -0.05) is 42.5 Å². The molecule has 0 spiro atoms. The highest BCUT2D eigenvalue weighted by atomic mass is 127. The fourth-order valence-corrected chi connectivity index (χ4v) is 3.09. The first kappa shape index (κ1) is 19.4. The SMILES string of the molecule is CC(C)(C)OC(=O)N(C/C=C/c1ccccc1)c1ccc2ncc(I)n2c1. The minimum atomic E-state index is -0.563. The summed E-state index contributed by atoms with van der Waals surface area (Å²) in [7, 11) is 0. The number of rotatable bonds is 4. The quantitative estimate of drug-likeness (QED) is 0.476. The zero-order valence-corrected chi connectivity index (χ0v) is 17.8. The van der Waals surface area contributed by atoms with Gasteiger partial charge in [-0.3, -0.25) is 9.30 Å². The van der Waals surface area contributed by atoms with E-state index >= 15 is 0 Å². The molecule has 0 atom stereocenters. The molecule has 6 heteroatoms. The molecule has 0 radical (unpaired) electrons. The molecule has 3 rings (SSSR count). The van der Waals surface area contributed by atoms with Crippen LogP contribution in [0.5, 0.6) is 0 Å². The maximum absolute atomic E-state index is 12.8. The van der Waals surface area contributed by atoms with E-state index in [1.165, 1.54) is 0 Å². The van der Waals surface area contributed by atoms with Gasteiger partial charge in [-0.05, 0) is 61.1 Å². The number of ether oxygens (including phenoxy) is 1. The number of carbonyl (C=O) groups excluding carboxylic acids is 1. The zero-order valence-electron chi connectivity index (χ0n) is 15.6. The number of aromatic nitrogens is 2. The van der Waals surface area contributed by atoms with Gasteiger partial charge >= 0.3 is 6.09 Å². The Morgan fingerprint density at radius 3 is 2.67 bits per heavy atom. The van der Waals surface area contributed by atoms with Crippen LogP contribution in [0.15, 0.2) is 60.9 Å². The molecule has 3 aromatic rings. The second-order valence-corrected chi connectivity index (χ2v) is 8.21. The van der Waals surface area contributed by atoms with E-state index < -0.39 is 5.60 Å². The zero-order chi connectivity index (χ0) is 19.4. The van der Waals surface area contributed by atoms with Gasteiger partial charge in [-0.15, -0.1) is 0 Å². The van der Waals surface area contributed by atoms with Crippen LogP contribution >= 0.6 is 22.6 Å². The predicted octanol–water partition coefficient (Wildman–Crippen LogP) is 5.39. The number of fused-ring (bicyclic) bond motifs is 1. The van der Waals surface area contributed by atoms with E-state index in [2.05, 4.69) is 27.6 Å². The van der Waals surface area contributed by atoms with Crippen molar-refractivity contribution in [2.75, 3.05) is 11.4 Å². The fraction of sp³-hybridized carbons (Fsp3) is 0.238. The van der Waals surface area contributed by atoms with Crippen molar-refractivity contribution >= 4 is 46.1 Å². The number of benzene rings is 1. The Labute approximate surface area is 172 Å². The Morgan fingerprint density at radius 2 is 1.96 bits per heavy atom. The van der Waals surface area contributed by atoms with Crippen molar-refractivity contribution in [1.29, 1.82) is 0 Å². The van der Waals surface area contributed by atoms with E-state index in [1.54, 1.807) is 11.1 Å². The first-order valence-electron chi connectivity index (χ1n) is 8.68. The van der Waals surface area contributed by atoms with E-state index in [4.69, 9.17) is 4.74 Å². The molecule has 0 aliphatic heterocycles. The van der Waals surface area contributed by atoms with Crippen LogP contribution in [0.2, 0.25) is 0 Å². The second-order valence-electron chi connectivity index (χ2n) is 7.10. The Balaban J connectivity index is 1.89. The third kappa shape index (κ3) is 5.09.